The minimum absolute atomic E-state index is 0.605. The van der Waals surface area contributed by atoms with Gasteiger partial charge < -0.3 is 11.1 Å². The Morgan fingerprint density at radius 2 is 2.13 bits per heavy atom. The first-order chi connectivity index (χ1) is 7.06. The molecule has 0 fully saturated rings. The van der Waals surface area contributed by atoms with E-state index in [0.717, 1.165) is 36.6 Å². The predicted molar refractivity (Wildman–Crippen MR) is 64.9 cm³/mol. The zero-order valence-corrected chi connectivity index (χ0v) is 10.2. The molecule has 4 nitrogen and oxygen atoms in total. The molecule has 0 amide bonds. The second kappa shape index (κ2) is 5.05. The summed E-state index contributed by atoms with van der Waals surface area (Å²) in [6.07, 6.45) is 2.02. The van der Waals surface area contributed by atoms with Gasteiger partial charge in [0.1, 0.15) is 5.82 Å². The molecule has 0 atom stereocenters. The van der Waals surface area contributed by atoms with Gasteiger partial charge in [-0.3, -0.25) is 4.68 Å². The lowest BCUT2D eigenvalue weighted by Gasteiger charge is -2.09. The highest BCUT2D eigenvalue weighted by atomic mass is 15.3. The molecule has 86 valence electrons. The molecule has 0 bridgehead atoms. The van der Waals surface area contributed by atoms with E-state index >= 15 is 0 Å². The molecule has 1 aromatic rings. The van der Waals surface area contributed by atoms with E-state index in [2.05, 4.69) is 31.2 Å². The average molecular weight is 210 g/mol. The van der Waals surface area contributed by atoms with Gasteiger partial charge in [0, 0.05) is 13.6 Å². The summed E-state index contributed by atoms with van der Waals surface area (Å²) < 4.78 is 1.84. The number of nitrogens with zero attached hydrogens (tertiary/aromatic N) is 2. The predicted octanol–water partition coefficient (Wildman–Crippen LogP) is 2.02. The fraction of sp³-hybridized carbons (Fsp3) is 0.727. The van der Waals surface area contributed by atoms with Crippen LogP contribution in [-0.2, 0) is 13.5 Å². The van der Waals surface area contributed by atoms with Crippen molar-refractivity contribution >= 4 is 11.5 Å². The van der Waals surface area contributed by atoms with Gasteiger partial charge in [-0.15, -0.1) is 0 Å². The quantitative estimate of drug-likeness (QED) is 0.781. The Morgan fingerprint density at radius 3 is 2.67 bits per heavy atom. The van der Waals surface area contributed by atoms with Crippen molar-refractivity contribution in [1.82, 2.24) is 9.78 Å². The molecule has 0 saturated carbocycles. The third-order valence-electron chi connectivity index (χ3n) is 2.32. The number of nitrogens with one attached hydrogen (secondary N) is 1. The van der Waals surface area contributed by atoms with Gasteiger partial charge in [-0.05, 0) is 12.3 Å². The van der Waals surface area contributed by atoms with Crippen LogP contribution in [0, 0.1) is 5.92 Å². The monoisotopic (exact) mass is 210 g/mol. The van der Waals surface area contributed by atoms with Crippen molar-refractivity contribution in [2.24, 2.45) is 13.0 Å². The Morgan fingerprint density at radius 1 is 1.47 bits per heavy atom. The highest BCUT2D eigenvalue weighted by molar-refractivity contribution is 5.65. The maximum atomic E-state index is 6.03. The van der Waals surface area contributed by atoms with Crippen LogP contribution in [0.25, 0.3) is 0 Å². The van der Waals surface area contributed by atoms with Gasteiger partial charge in [-0.2, -0.15) is 5.10 Å². The van der Waals surface area contributed by atoms with Gasteiger partial charge in [-0.1, -0.05) is 27.2 Å². The smallest absolute Gasteiger partial charge is 0.147 e. The van der Waals surface area contributed by atoms with Crippen LogP contribution in [0.3, 0.4) is 0 Å². The lowest BCUT2D eigenvalue weighted by molar-refractivity contribution is 0.674. The first-order valence-corrected chi connectivity index (χ1v) is 5.61. The van der Waals surface area contributed by atoms with E-state index in [1.54, 1.807) is 0 Å². The molecule has 1 aromatic heterocycles. The standard InChI is InChI=1S/C11H22N4/c1-5-6-9-10(12)11(15(4)14-9)13-7-8(2)3/h8,13H,5-7,12H2,1-4H3. The molecule has 1 heterocycles. The summed E-state index contributed by atoms with van der Waals surface area (Å²) in [6.45, 7) is 7.41. The molecule has 0 spiro atoms. The van der Waals surface area contributed by atoms with Crippen molar-refractivity contribution in [3.63, 3.8) is 0 Å². The summed E-state index contributed by atoms with van der Waals surface area (Å²) in [7, 11) is 1.93. The molecule has 15 heavy (non-hydrogen) atoms. The van der Waals surface area contributed by atoms with Crippen LogP contribution in [0.4, 0.5) is 11.5 Å². The summed E-state index contributed by atoms with van der Waals surface area (Å²) in [5, 5.41) is 7.74. The number of hydrogen-bond acceptors (Lipinski definition) is 3. The van der Waals surface area contributed by atoms with E-state index in [9.17, 15) is 0 Å². The molecule has 0 aromatic carbocycles. The molecule has 1 rings (SSSR count). The Kier molecular flexibility index (Phi) is 4.00. The van der Waals surface area contributed by atoms with Crippen molar-refractivity contribution < 1.29 is 0 Å². The van der Waals surface area contributed by atoms with Gasteiger partial charge in [0.2, 0.25) is 0 Å². The molecular formula is C11H22N4. The zero-order chi connectivity index (χ0) is 11.4. The van der Waals surface area contributed by atoms with Crippen LogP contribution in [0.1, 0.15) is 32.9 Å². The summed E-state index contributed by atoms with van der Waals surface area (Å²) in [5.74, 6) is 1.56. The van der Waals surface area contributed by atoms with E-state index in [0.29, 0.717) is 5.92 Å². The van der Waals surface area contributed by atoms with Crippen LogP contribution in [-0.4, -0.2) is 16.3 Å². The molecule has 0 aliphatic rings. The van der Waals surface area contributed by atoms with E-state index in [1.807, 2.05) is 11.7 Å². The summed E-state index contributed by atoms with van der Waals surface area (Å²) in [6, 6.07) is 0. The normalized spacial score (nSPS) is 11.0. The van der Waals surface area contributed by atoms with Crippen molar-refractivity contribution in [3.8, 4) is 0 Å². The largest absolute Gasteiger partial charge is 0.394 e. The van der Waals surface area contributed by atoms with Crippen LogP contribution in [0.15, 0.2) is 0 Å². The Balaban J connectivity index is 2.78. The lowest BCUT2D eigenvalue weighted by atomic mass is 10.2. The zero-order valence-electron chi connectivity index (χ0n) is 10.2. The third-order valence-corrected chi connectivity index (χ3v) is 2.32. The minimum Gasteiger partial charge on any atom is -0.394 e. The van der Waals surface area contributed by atoms with Crippen molar-refractivity contribution in [1.29, 1.82) is 0 Å². The Labute approximate surface area is 91.8 Å². The first-order valence-electron chi connectivity index (χ1n) is 5.61. The fourth-order valence-electron chi connectivity index (χ4n) is 1.53. The number of rotatable bonds is 5. The van der Waals surface area contributed by atoms with Gasteiger partial charge in [0.05, 0.1) is 11.4 Å². The summed E-state index contributed by atoms with van der Waals surface area (Å²) >= 11 is 0. The minimum atomic E-state index is 0.605. The van der Waals surface area contributed by atoms with E-state index in [-0.39, 0.29) is 0 Å². The highest BCUT2D eigenvalue weighted by Gasteiger charge is 2.12. The number of hydrogen-bond donors (Lipinski definition) is 2. The summed E-state index contributed by atoms with van der Waals surface area (Å²) in [5.41, 5.74) is 7.84. The van der Waals surface area contributed by atoms with Crippen molar-refractivity contribution in [3.05, 3.63) is 5.69 Å². The van der Waals surface area contributed by atoms with E-state index < -0.39 is 0 Å². The third kappa shape index (κ3) is 2.88. The molecule has 0 unspecified atom stereocenters. The number of nitrogen functional groups attached to an aromatic ring is 1. The molecule has 0 radical (unpaired) electrons. The van der Waals surface area contributed by atoms with Gasteiger partial charge >= 0.3 is 0 Å². The highest BCUT2D eigenvalue weighted by Crippen LogP contribution is 2.23. The second-order valence-corrected chi connectivity index (χ2v) is 4.36. The van der Waals surface area contributed by atoms with Gasteiger partial charge in [0.15, 0.2) is 0 Å². The van der Waals surface area contributed by atoms with E-state index in [4.69, 9.17) is 5.73 Å². The Bertz CT molecular complexity index is 315. The molecule has 0 saturated heterocycles. The van der Waals surface area contributed by atoms with Crippen LogP contribution >= 0.6 is 0 Å². The van der Waals surface area contributed by atoms with Gasteiger partial charge in [0.25, 0.3) is 0 Å². The van der Waals surface area contributed by atoms with Crippen LogP contribution < -0.4 is 11.1 Å². The first kappa shape index (κ1) is 11.9. The topological polar surface area (TPSA) is 55.9 Å². The fourth-order valence-corrected chi connectivity index (χ4v) is 1.53. The lowest BCUT2D eigenvalue weighted by Crippen LogP contribution is -2.12. The number of aromatic nitrogens is 2. The number of anilines is 2. The molecule has 0 aliphatic carbocycles. The van der Waals surface area contributed by atoms with Crippen molar-refractivity contribution in [2.75, 3.05) is 17.6 Å². The molecule has 3 N–H and O–H groups in total. The maximum absolute atomic E-state index is 6.03. The summed E-state index contributed by atoms with van der Waals surface area (Å²) in [4.78, 5) is 0. The Hall–Kier alpha value is -1.19. The maximum Gasteiger partial charge on any atom is 0.147 e. The van der Waals surface area contributed by atoms with Crippen LogP contribution in [0.2, 0.25) is 0 Å². The average Bonchev–Trinajstić information content (AvgIpc) is 2.40. The second-order valence-electron chi connectivity index (χ2n) is 4.36. The number of aryl methyl sites for hydroxylation is 2. The molecule has 4 heteroatoms. The molecule has 0 aliphatic heterocycles. The van der Waals surface area contributed by atoms with Gasteiger partial charge in [-0.25, -0.2) is 0 Å². The molecular weight excluding hydrogens is 188 g/mol. The SMILES string of the molecule is CCCc1nn(C)c(NCC(C)C)c1N. The van der Waals surface area contributed by atoms with E-state index in [1.165, 1.54) is 0 Å². The van der Waals surface area contributed by atoms with Crippen LogP contribution in [0.5, 0.6) is 0 Å². The van der Waals surface area contributed by atoms with Crippen molar-refractivity contribution in [2.45, 2.75) is 33.6 Å². The number of nitrogens with two attached hydrogens (primary N) is 1.